The molecule has 1 aliphatic rings. The summed E-state index contributed by atoms with van der Waals surface area (Å²) < 4.78 is 5.80. The summed E-state index contributed by atoms with van der Waals surface area (Å²) in [7, 11) is 0. The van der Waals surface area contributed by atoms with Gasteiger partial charge in [0.2, 0.25) is 0 Å². The quantitative estimate of drug-likeness (QED) is 0.905. The van der Waals surface area contributed by atoms with E-state index in [1.807, 2.05) is 13.0 Å². The topological polar surface area (TPSA) is 32.7 Å². The number of piperidine rings is 1. The van der Waals surface area contributed by atoms with E-state index >= 15 is 0 Å². The van der Waals surface area contributed by atoms with Gasteiger partial charge in [0, 0.05) is 19.6 Å². The van der Waals surface area contributed by atoms with Gasteiger partial charge in [0.15, 0.2) is 0 Å². The molecule has 0 spiro atoms. The Hall–Kier alpha value is -1.06. The summed E-state index contributed by atoms with van der Waals surface area (Å²) in [4.78, 5) is 2.37. The van der Waals surface area contributed by atoms with Gasteiger partial charge in [0.05, 0.1) is 0 Å². The minimum Gasteiger partial charge on any atom is -0.491 e. The van der Waals surface area contributed by atoms with Crippen molar-refractivity contribution in [2.75, 3.05) is 26.2 Å². The molecule has 2 rings (SSSR count). The van der Waals surface area contributed by atoms with Crippen LogP contribution in [0.2, 0.25) is 0 Å². The maximum atomic E-state index is 10.2. The third-order valence-corrected chi connectivity index (χ3v) is 4.19. The van der Waals surface area contributed by atoms with Gasteiger partial charge in [-0.2, -0.15) is 0 Å². The van der Waals surface area contributed by atoms with Gasteiger partial charge in [-0.3, -0.25) is 0 Å². The van der Waals surface area contributed by atoms with Crippen LogP contribution < -0.4 is 4.74 Å². The first-order chi connectivity index (χ1) is 9.94. The monoisotopic (exact) mass is 291 g/mol. The first kappa shape index (κ1) is 16.3. The Bertz CT molecular complexity index is 451. The number of rotatable bonds is 5. The predicted octanol–water partition coefficient (Wildman–Crippen LogP) is 3.02. The molecule has 0 radical (unpaired) electrons. The molecule has 1 aromatic rings. The van der Waals surface area contributed by atoms with Crippen molar-refractivity contribution in [1.82, 2.24) is 4.90 Å². The zero-order chi connectivity index (χ0) is 15.4. The van der Waals surface area contributed by atoms with Crippen molar-refractivity contribution in [1.29, 1.82) is 0 Å². The van der Waals surface area contributed by atoms with Crippen LogP contribution in [0.1, 0.15) is 31.4 Å². The number of aliphatic hydroxyl groups is 1. The predicted molar refractivity (Wildman–Crippen MR) is 86.8 cm³/mol. The van der Waals surface area contributed by atoms with Crippen LogP contribution in [-0.2, 0) is 0 Å². The van der Waals surface area contributed by atoms with Crippen molar-refractivity contribution in [2.24, 2.45) is 11.8 Å². The number of β-amino-alcohol motifs (C(OH)–C–C–N with tert-alkyl or cyclic N) is 1. The molecule has 3 heteroatoms. The van der Waals surface area contributed by atoms with Gasteiger partial charge in [-0.05, 0) is 49.3 Å². The van der Waals surface area contributed by atoms with Gasteiger partial charge < -0.3 is 14.7 Å². The van der Waals surface area contributed by atoms with E-state index in [1.54, 1.807) is 0 Å². The minimum absolute atomic E-state index is 0.365. The van der Waals surface area contributed by atoms with E-state index in [-0.39, 0.29) is 0 Å². The van der Waals surface area contributed by atoms with Gasteiger partial charge in [-0.15, -0.1) is 0 Å². The van der Waals surface area contributed by atoms with Crippen LogP contribution >= 0.6 is 0 Å². The van der Waals surface area contributed by atoms with E-state index in [0.717, 1.165) is 36.2 Å². The van der Waals surface area contributed by atoms with Crippen molar-refractivity contribution in [2.45, 2.75) is 40.2 Å². The highest BCUT2D eigenvalue weighted by atomic mass is 16.5. The van der Waals surface area contributed by atoms with Crippen LogP contribution in [0.5, 0.6) is 5.75 Å². The molecule has 118 valence electrons. The number of hydrogen-bond acceptors (Lipinski definition) is 3. The Morgan fingerprint density at radius 2 is 1.90 bits per heavy atom. The third kappa shape index (κ3) is 5.01. The second-order valence-electron chi connectivity index (χ2n) is 6.90. The normalized spacial score (nSPS) is 24.8. The average molecular weight is 291 g/mol. The lowest BCUT2D eigenvalue weighted by atomic mass is 9.92. The maximum Gasteiger partial charge on any atom is 0.122 e. The average Bonchev–Trinajstić information content (AvgIpc) is 2.38. The molecule has 3 atom stereocenters. The summed E-state index contributed by atoms with van der Waals surface area (Å²) in [5.41, 5.74) is 2.30. The Kier molecular flexibility index (Phi) is 5.65. The van der Waals surface area contributed by atoms with Crippen molar-refractivity contribution < 1.29 is 9.84 Å². The standard InChI is InChI=1S/C18H29NO2/c1-13-5-6-16(4)18(8-13)21-12-17(20)11-19-9-14(2)7-15(3)10-19/h5-6,8,14-15,17,20H,7,9-12H2,1-4H3/t14-,15+,17-/m1/s1. The number of aryl methyl sites for hydroxylation is 2. The molecular weight excluding hydrogens is 262 g/mol. The van der Waals surface area contributed by atoms with Gasteiger partial charge >= 0.3 is 0 Å². The van der Waals surface area contributed by atoms with Crippen LogP contribution in [0.4, 0.5) is 0 Å². The summed E-state index contributed by atoms with van der Waals surface area (Å²) >= 11 is 0. The molecule has 21 heavy (non-hydrogen) atoms. The molecule has 0 aliphatic carbocycles. The summed E-state index contributed by atoms with van der Waals surface area (Å²) in [6.07, 6.45) is 0.869. The summed E-state index contributed by atoms with van der Waals surface area (Å²) in [5, 5.41) is 10.2. The first-order valence-electron chi connectivity index (χ1n) is 8.04. The Labute approximate surface area is 128 Å². The molecule has 0 unspecified atom stereocenters. The Balaban J connectivity index is 1.81. The molecule has 1 heterocycles. The van der Waals surface area contributed by atoms with Gasteiger partial charge in [0.1, 0.15) is 18.5 Å². The van der Waals surface area contributed by atoms with E-state index in [2.05, 4.69) is 37.8 Å². The lowest BCUT2D eigenvalue weighted by Crippen LogP contribution is -2.44. The van der Waals surface area contributed by atoms with Gasteiger partial charge in [-0.1, -0.05) is 26.0 Å². The van der Waals surface area contributed by atoms with Gasteiger partial charge in [-0.25, -0.2) is 0 Å². The van der Waals surface area contributed by atoms with Crippen LogP contribution in [0.3, 0.4) is 0 Å². The Morgan fingerprint density at radius 3 is 2.57 bits per heavy atom. The van der Waals surface area contributed by atoms with Crippen molar-refractivity contribution >= 4 is 0 Å². The first-order valence-corrected chi connectivity index (χ1v) is 8.04. The highest BCUT2D eigenvalue weighted by Crippen LogP contribution is 2.22. The molecule has 1 saturated heterocycles. The second-order valence-corrected chi connectivity index (χ2v) is 6.90. The lowest BCUT2D eigenvalue weighted by Gasteiger charge is -2.35. The zero-order valence-corrected chi connectivity index (χ0v) is 13.8. The van der Waals surface area contributed by atoms with Crippen LogP contribution in [0.15, 0.2) is 18.2 Å². The van der Waals surface area contributed by atoms with E-state index < -0.39 is 6.10 Å². The van der Waals surface area contributed by atoms with E-state index in [1.165, 1.54) is 12.0 Å². The molecule has 0 saturated carbocycles. The molecule has 1 aliphatic heterocycles. The molecule has 0 aromatic heterocycles. The van der Waals surface area contributed by atoms with E-state index in [0.29, 0.717) is 13.2 Å². The van der Waals surface area contributed by atoms with Crippen LogP contribution in [-0.4, -0.2) is 42.4 Å². The number of likely N-dealkylation sites (tertiary alicyclic amines) is 1. The summed E-state index contributed by atoms with van der Waals surface area (Å²) in [5.74, 6) is 2.33. The second kappa shape index (κ2) is 7.28. The highest BCUT2D eigenvalue weighted by Gasteiger charge is 2.23. The summed E-state index contributed by atoms with van der Waals surface area (Å²) in [6.45, 7) is 11.9. The fourth-order valence-electron chi connectivity index (χ4n) is 3.34. The molecule has 0 amide bonds. The van der Waals surface area contributed by atoms with Crippen molar-refractivity contribution in [3.8, 4) is 5.75 Å². The maximum absolute atomic E-state index is 10.2. The third-order valence-electron chi connectivity index (χ3n) is 4.19. The number of aliphatic hydroxyl groups excluding tert-OH is 1. The smallest absolute Gasteiger partial charge is 0.122 e. The van der Waals surface area contributed by atoms with Crippen molar-refractivity contribution in [3.63, 3.8) is 0 Å². The fourth-order valence-corrected chi connectivity index (χ4v) is 3.34. The lowest BCUT2D eigenvalue weighted by molar-refractivity contribution is 0.0427. The molecule has 1 aromatic carbocycles. The van der Waals surface area contributed by atoms with E-state index in [9.17, 15) is 5.11 Å². The molecule has 0 bridgehead atoms. The number of nitrogens with zero attached hydrogens (tertiary/aromatic N) is 1. The van der Waals surface area contributed by atoms with Crippen LogP contribution in [0, 0.1) is 25.7 Å². The number of ether oxygens (including phenoxy) is 1. The molecule has 3 nitrogen and oxygen atoms in total. The zero-order valence-electron chi connectivity index (χ0n) is 13.8. The van der Waals surface area contributed by atoms with E-state index in [4.69, 9.17) is 4.74 Å². The highest BCUT2D eigenvalue weighted by molar-refractivity contribution is 5.35. The number of hydrogen-bond donors (Lipinski definition) is 1. The fraction of sp³-hybridized carbons (Fsp3) is 0.667. The van der Waals surface area contributed by atoms with Crippen molar-refractivity contribution in [3.05, 3.63) is 29.3 Å². The largest absolute Gasteiger partial charge is 0.491 e. The molecule has 1 fully saturated rings. The van der Waals surface area contributed by atoms with Gasteiger partial charge in [0.25, 0.3) is 0 Å². The minimum atomic E-state index is -0.428. The molecule has 1 N–H and O–H groups in total. The molecular formula is C18H29NO2. The van der Waals surface area contributed by atoms with Crippen LogP contribution in [0.25, 0.3) is 0 Å². The Morgan fingerprint density at radius 1 is 1.24 bits per heavy atom. The SMILES string of the molecule is Cc1ccc(C)c(OC[C@H](O)CN2C[C@H](C)C[C@H](C)C2)c1. The number of benzene rings is 1. The summed E-state index contributed by atoms with van der Waals surface area (Å²) in [6, 6.07) is 6.17.